The average molecular weight is 216 g/mol. The summed E-state index contributed by atoms with van der Waals surface area (Å²) in [5.74, 6) is 0.191. The van der Waals surface area contributed by atoms with Crippen molar-refractivity contribution in [3.8, 4) is 0 Å². The highest BCUT2D eigenvalue weighted by Crippen LogP contribution is 2.10. The third-order valence-electron chi connectivity index (χ3n) is 2.87. The molecule has 1 aliphatic heterocycles. The molecular formula is C13H16N2O. The van der Waals surface area contributed by atoms with E-state index in [1.54, 1.807) is 12.3 Å². The lowest BCUT2D eigenvalue weighted by Crippen LogP contribution is -2.29. The molecule has 16 heavy (non-hydrogen) atoms. The van der Waals surface area contributed by atoms with Crippen LogP contribution in [0.15, 0.2) is 24.9 Å². The first-order chi connectivity index (χ1) is 7.79. The van der Waals surface area contributed by atoms with Gasteiger partial charge < -0.3 is 4.90 Å². The van der Waals surface area contributed by atoms with Crippen molar-refractivity contribution in [2.24, 2.45) is 0 Å². The highest BCUT2D eigenvalue weighted by atomic mass is 16.2. The Balaban J connectivity index is 1.97. The van der Waals surface area contributed by atoms with E-state index in [1.807, 2.05) is 17.0 Å². The molecule has 2 heterocycles. The van der Waals surface area contributed by atoms with Gasteiger partial charge in [-0.25, -0.2) is 0 Å². The Labute approximate surface area is 95.8 Å². The van der Waals surface area contributed by atoms with Crippen molar-refractivity contribution in [1.29, 1.82) is 0 Å². The summed E-state index contributed by atoms with van der Waals surface area (Å²) in [6.07, 6.45) is 6.18. The quantitative estimate of drug-likeness (QED) is 0.773. The minimum absolute atomic E-state index is 0.191. The summed E-state index contributed by atoms with van der Waals surface area (Å²) in [6.45, 7) is 5.48. The third kappa shape index (κ3) is 2.48. The number of hydrogen-bond acceptors (Lipinski definition) is 2. The monoisotopic (exact) mass is 216 g/mol. The smallest absolute Gasteiger partial charge is 0.228 e. The zero-order valence-electron chi connectivity index (χ0n) is 9.35. The Hall–Kier alpha value is -1.64. The molecule has 1 aliphatic rings. The first-order valence-corrected chi connectivity index (χ1v) is 5.65. The number of amides is 1. The molecular weight excluding hydrogens is 200 g/mol. The van der Waals surface area contributed by atoms with Crippen LogP contribution in [0, 0.1) is 0 Å². The van der Waals surface area contributed by atoms with Gasteiger partial charge in [-0.2, -0.15) is 0 Å². The van der Waals surface area contributed by atoms with Gasteiger partial charge in [0.15, 0.2) is 0 Å². The van der Waals surface area contributed by atoms with Crippen LogP contribution >= 0.6 is 0 Å². The summed E-state index contributed by atoms with van der Waals surface area (Å²) in [7, 11) is 0. The number of aromatic nitrogens is 1. The van der Waals surface area contributed by atoms with Crippen molar-refractivity contribution >= 4 is 12.0 Å². The first kappa shape index (κ1) is 10.9. The predicted molar refractivity (Wildman–Crippen MR) is 63.8 cm³/mol. The van der Waals surface area contributed by atoms with Crippen molar-refractivity contribution in [2.75, 3.05) is 13.1 Å². The van der Waals surface area contributed by atoms with E-state index in [4.69, 9.17) is 0 Å². The van der Waals surface area contributed by atoms with E-state index in [0.29, 0.717) is 6.42 Å². The lowest BCUT2D eigenvalue weighted by Gasteiger charge is -2.14. The van der Waals surface area contributed by atoms with Crippen LogP contribution in [0.3, 0.4) is 0 Å². The van der Waals surface area contributed by atoms with E-state index < -0.39 is 0 Å². The molecule has 0 unspecified atom stereocenters. The molecule has 1 aromatic rings. The van der Waals surface area contributed by atoms with Crippen molar-refractivity contribution < 1.29 is 4.79 Å². The first-order valence-electron chi connectivity index (χ1n) is 5.65. The van der Waals surface area contributed by atoms with Gasteiger partial charge in [-0.15, -0.1) is 0 Å². The molecule has 1 saturated heterocycles. The van der Waals surface area contributed by atoms with E-state index in [-0.39, 0.29) is 5.91 Å². The van der Waals surface area contributed by atoms with Crippen LogP contribution in [0.2, 0.25) is 0 Å². The van der Waals surface area contributed by atoms with Crippen LogP contribution in [0.25, 0.3) is 6.08 Å². The summed E-state index contributed by atoms with van der Waals surface area (Å²) in [4.78, 5) is 18.0. The SMILES string of the molecule is C=Cc1ccc(CC(=O)N2CCCC2)nc1. The molecule has 0 spiro atoms. The van der Waals surface area contributed by atoms with Crippen molar-refractivity contribution in [3.63, 3.8) is 0 Å². The van der Waals surface area contributed by atoms with Gasteiger partial charge in [0, 0.05) is 25.0 Å². The van der Waals surface area contributed by atoms with E-state index in [2.05, 4.69) is 11.6 Å². The standard InChI is InChI=1S/C13H16N2O/c1-2-11-5-6-12(14-10-11)9-13(16)15-7-3-4-8-15/h2,5-6,10H,1,3-4,7-9H2. The molecule has 0 N–H and O–H groups in total. The number of nitrogens with zero attached hydrogens (tertiary/aromatic N) is 2. The van der Waals surface area contributed by atoms with E-state index >= 15 is 0 Å². The normalized spacial score (nSPS) is 15.1. The van der Waals surface area contributed by atoms with Crippen LogP contribution in [0.4, 0.5) is 0 Å². The maximum atomic E-state index is 11.8. The number of pyridine rings is 1. The van der Waals surface area contributed by atoms with Crippen LogP contribution < -0.4 is 0 Å². The highest BCUT2D eigenvalue weighted by Gasteiger charge is 2.18. The number of rotatable bonds is 3. The molecule has 1 amide bonds. The van der Waals surface area contributed by atoms with Crippen molar-refractivity contribution in [1.82, 2.24) is 9.88 Å². The lowest BCUT2D eigenvalue weighted by atomic mass is 10.2. The third-order valence-corrected chi connectivity index (χ3v) is 2.87. The second kappa shape index (κ2) is 4.92. The zero-order valence-corrected chi connectivity index (χ0v) is 9.35. The number of likely N-dealkylation sites (tertiary alicyclic amines) is 1. The minimum Gasteiger partial charge on any atom is -0.342 e. The van der Waals surface area contributed by atoms with Crippen LogP contribution in [0.1, 0.15) is 24.1 Å². The van der Waals surface area contributed by atoms with Gasteiger partial charge in [0.05, 0.1) is 6.42 Å². The van der Waals surface area contributed by atoms with Crippen LogP contribution in [0.5, 0.6) is 0 Å². The molecule has 2 rings (SSSR count). The highest BCUT2D eigenvalue weighted by molar-refractivity contribution is 5.78. The lowest BCUT2D eigenvalue weighted by molar-refractivity contribution is -0.129. The van der Waals surface area contributed by atoms with Crippen LogP contribution in [-0.4, -0.2) is 28.9 Å². The molecule has 0 saturated carbocycles. The number of carbonyl (C=O) groups is 1. The number of hydrogen-bond donors (Lipinski definition) is 0. The van der Waals surface area contributed by atoms with Gasteiger partial charge >= 0.3 is 0 Å². The molecule has 0 aromatic carbocycles. The van der Waals surface area contributed by atoms with Gasteiger partial charge in [-0.05, 0) is 24.5 Å². The molecule has 3 nitrogen and oxygen atoms in total. The van der Waals surface area contributed by atoms with E-state index in [1.165, 1.54) is 0 Å². The molecule has 0 aliphatic carbocycles. The molecule has 0 radical (unpaired) electrons. The fourth-order valence-electron chi connectivity index (χ4n) is 1.89. The molecule has 1 fully saturated rings. The molecule has 0 bridgehead atoms. The molecule has 3 heteroatoms. The van der Waals surface area contributed by atoms with Gasteiger partial charge in [0.25, 0.3) is 0 Å². The second-order valence-electron chi connectivity index (χ2n) is 4.05. The minimum atomic E-state index is 0.191. The molecule has 1 aromatic heterocycles. The summed E-state index contributed by atoms with van der Waals surface area (Å²) in [6, 6.07) is 3.83. The molecule has 0 atom stereocenters. The Morgan fingerprint density at radius 2 is 2.19 bits per heavy atom. The maximum Gasteiger partial charge on any atom is 0.228 e. The van der Waals surface area contributed by atoms with Crippen molar-refractivity contribution in [2.45, 2.75) is 19.3 Å². The summed E-state index contributed by atoms with van der Waals surface area (Å²) in [5, 5.41) is 0. The van der Waals surface area contributed by atoms with Gasteiger partial charge in [0.1, 0.15) is 0 Å². The predicted octanol–water partition coefficient (Wildman–Crippen LogP) is 1.89. The maximum absolute atomic E-state index is 11.8. The molecule has 84 valence electrons. The summed E-state index contributed by atoms with van der Waals surface area (Å²) in [5.41, 5.74) is 1.82. The zero-order chi connectivity index (χ0) is 11.4. The topological polar surface area (TPSA) is 33.2 Å². The Morgan fingerprint density at radius 1 is 1.44 bits per heavy atom. The Bertz CT molecular complexity index is 377. The Kier molecular flexibility index (Phi) is 3.34. The van der Waals surface area contributed by atoms with Gasteiger partial charge in [-0.1, -0.05) is 18.7 Å². The van der Waals surface area contributed by atoms with Crippen molar-refractivity contribution in [3.05, 3.63) is 36.2 Å². The fourth-order valence-corrected chi connectivity index (χ4v) is 1.89. The van der Waals surface area contributed by atoms with Gasteiger partial charge in [0.2, 0.25) is 5.91 Å². The largest absolute Gasteiger partial charge is 0.342 e. The van der Waals surface area contributed by atoms with Gasteiger partial charge in [-0.3, -0.25) is 9.78 Å². The second-order valence-corrected chi connectivity index (χ2v) is 4.05. The summed E-state index contributed by atoms with van der Waals surface area (Å²) < 4.78 is 0. The number of carbonyl (C=O) groups excluding carboxylic acids is 1. The fraction of sp³-hybridized carbons (Fsp3) is 0.385. The van der Waals surface area contributed by atoms with E-state index in [0.717, 1.165) is 37.2 Å². The van der Waals surface area contributed by atoms with Crippen LogP contribution in [-0.2, 0) is 11.2 Å². The van der Waals surface area contributed by atoms with E-state index in [9.17, 15) is 4.79 Å². The Morgan fingerprint density at radius 3 is 2.75 bits per heavy atom. The average Bonchev–Trinajstić information content (AvgIpc) is 2.83. The summed E-state index contributed by atoms with van der Waals surface area (Å²) >= 11 is 0.